The van der Waals surface area contributed by atoms with Gasteiger partial charge in [0, 0.05) is 0 Å². The molecule has 0 amide bonds. The first-order valence-corrected chi connectivity index (χ1v) is 5.07. The number of nitrogens with one attached hydrogen (secondary N) is 1. The second kappa shape index (κ2) is 8.79. The van der Waals surface area contributed by atoms with E-state index in [1.807, 2.05) is 7.05 Å². The van der Waals surface area contributed by atoms with Gasteiger partial charge in [0.1, 0.15) is 0 Å². The van der Waals surface area contributed by atoms with Gasteiger partial charge in [0.25, 0.3) is 0 Å². The first kappa shape index (κ1) is 11.7. The van der Waals surface area contributed by atoms with Gasteiger partial charge in [-0.1, -0.05) is 32.4 Å². The third kappa shape index (κ3) is 9.70. The number of unbranched alkanes of at least 4 members (excludes halogenated alkanes) is 1. The second-order valence-electron chi connectivity index (χ2n) is 3.69. The molecule has 0 unspecified atom stereocenters. The van der Waals surface area contributed by atoms with Gasteiger partial charge < -0.3 is 5.32 Å². The molecule has 12 heavy (non-hydrogen) atoms. The van der Waals surface area contributed by atoms with Crippen molar-refractivity contribution in [2.75, 3.05) is 13.6 Å². The van der Waals surface area contributed by atoms with Crippen molar-refractivity contribution in [1.82, 2.24) is 5.32 Å². The van der Waals surface area contributed by atoms with Crippen molar-refractivity contribution in [1.29, 1.82) is 0 Å². The standard InChI is InChI=1S/C11H23N/c1-11(2)9-7-5-4-6-8-10-12-3/h4,6,11-12H,5,7-10H2,1-3H3/b6-4+. The summed E-state index contributed by atoms with van der Waals surface area (Å²) < 4.78 is 0. The zero-order valence-corrected chi connectivity index (χ0v) is 8.77. The van der Waals surface area contributed by atoms with Crippen LogP contribution in [-0.2, 0) is 0 Å². The van der Waals surface area contributed by atoms with E-state index < -0.39 is 0 Å². The van der Waals surface area contributed by atoms with Crippen LogP contribution in [0.5, 0.6) is 0 Å². The molecule has 0 heterocycles. The summed E-state index contributed by atoms with van der Waals surface area (Å²) in [5.74, 6) is 0.857. The van der Waals surface area contributed by atoms with E-state index in [0.717, 1.165) is 18.9 Å². The molecule has 0 fully saturated rings. The molecule has 72 valence electrons. The molecule has 0 aromatic rings. The van der Waals surface area contributed by atoms with Crippen molar-refractivity contribution in [3.8, 4) is 0 Å². The van der Waals surface area contributed by atoms with Crippen molar-refractivity contribution in [3.05, 3.63) is 12.2 Å². The van der Waals surface area contributed by atoms with Gasteiger partial charge in [-0.15, -0.1) is 0 Å². The van der Waals surface area contributed by atoms with Gasteiger partial charge in [-0.05, 0) is 38.8 Å². The largest absolute Gasteiger partial charge is 0.319 e. The normalized spacial score (nSPS) is 11.7. The molecule has 0 bridgehead atoms. The van der Waals surface area contributed by atoms with Gasteiger partial charge >= 0.3 is 0 Å². The van der Waals surface area contributed by atoms with Crippen LogP contribution in [0.3, 0.4) is 0 Å². The fraction of sp³-hybridized carbons (Fsp3) is 0.818. The molecule has 0 aliphatic rings. The van der Waals surface area contributed by atoms with Gasteiger partial charge in [0.15, 0.2) is 0 Å². The fourth-order valence-electron chi connectivity index (χ4n) is 1.11. The second-order valence-corrected chi connectivity index (χ2v) is 3.69. The van der Waals surface area contributed by atoms with Crippen LogP contribution in [0.2, 0.25) is 0 Å². The summed E-state index contributed by atoms with van der Waals surface area (Å²) in [6, 6.07) is 0. The summed E-state index contributed by atoms with van der Waals surface area (Å²) in [6.07, 6.45) is 9.70. The maximum atomic E-state index is 3.13. The number of allylic oxidation sites excluding steroid dienone is 1. The van der Waals surface area contributed by atoms with Crippen molar-refractivity contribution in [2.45, 2.75) is 39.5 Å². The molecular formula is C11H23N. The molecule has 0 saturated carbocycles. The fourth-order valence-corrected chi connectivity index (χ4v) is 1.11. The number of rotatable bonds is 7. The smallest absolute Gasteiger partial charge is 0.00173 e. The van der Waals surface area contributed by atoms with Crippen molar-refractivity contribution < 1.29 is 0 Å². The van der Waals surface area contributed by atoms with Crippen molar-refractivity contribution in [2.24, 2.45) is 5.92 Å². The molecule has 0 rings (SSSR count). The summed E-state index contributed by atoms with van der Waals surface area (Å²) >= 11 is 0. The lowest BCUT2D eigenvalue weighted by atomic mass is 10.1. The zero-order valence-electron chi connectivity index (χ0n) is 8.77. The number of hydrogen-bond acceptors (Lipinski definition) is 1. The van der Waals surface area contributed by atoms with Gasteiger partial charge in [-0.25, -0.2) is 0 Å². The van der Waals surface area contributed by atoms with E-state index in [1.165, 1.54) is 19.3 Å². The predicted octanol–water partition coefficient (Wildman–Crippen LogP) is 2.98. The summed E-state index contributed by atoms with van der Waals surface area (Å²) in [6.45, 7) is 5.66. The van der Waals surface area contributed by atoms with E-state index >= 15 is 0 Å². The molecule has 1 heteroatoms. The van der Waals surface area contributed by atoms with Crippen LogP contribution < -0.4 is 5.32 Å². The van der Waals surface area contributed by atoms with Crippen LogP contribution in [0.4, 0.5) is 0 Å². The lowest BCUT2D eigenvalue weighted by Gasteiger charge is -2.00. The van der Waals surface area contributed by atoms with Crippen LogP contribution in [0, 0.1) is 5.92 Å². The maximum absolute atomic E-state index is 3.13. The van der Waals surface area contributed by atoms with Gasteiger partial charge in [0.05, 0.1) is 0 Å². The summed E-state index contributed by atoms with van der Waals surface area (Å²) in [4.78, 5) is 0. The van der Waals surface area contributed by atoms with Crippen LogP contribution in [0.1, 0.15) is 39.5 Å². The molecular weight excluding hydrogens is 146 g/mol. The first-order chi connectivity index (χ1) is 5.77. The molecule has 0 aromatic carbocycles. The molecule has 0 aliphatic heterocycles. The van der Waals surface area contributed by atoms with E-state index in [9.17, 15) is 0 Å². The van der Waals surface area contributed by atoms with E-state index in [-0.39, 0.29) is 0 Å². The van der Waals surface area contributed by atoms with E-state index in [2.05, 4.69) is 31.3 Å². The molecule has 0 aromatic heterocycles. The van der Waals surface area contributed by atoms with Gasteiger partial charge in [-0.2, -0.15) is 0 Å². The molecule has 0 aliphatic carbocycles. The minimum Gasteiger partial charge on any atom is -0.319 e. The van der Waals surface area contributed by atoms with Gasteiger partial charge in [-0.3, -0.25) is 0 Å². The molecule has 1 nitrogen and oxygen atoms in total. The average Bonchev–Trinajstić information content (AvgIpc) is 2.02. The zero-order chi connectivity index (χ0) is 9.23. The topological polar surface area (TPSA) is 12.0 Å². The van der Waals surface area contributed by atoms with Crippen LogP contribution >= 0.6 is 0 Å². The van der Waals surface area contributed by atoms with Crippen LogP contribution in [0.15, 0.2) is 12.2 Å². The van der Waals surface area contributed by atoms with Crippen LogP contribution in [-0.4, -0.2) is 13.6 Å². The van der Waals surface area contributed by atoms with Crippen LogP contribution in [0.25, 0.3) is 0 Å². The Bertz CT molecular complexity index is 106. The minimum atomic E-state index is 0.857. The first-order valence-electron chi connectivity index (χ1n) is 5.07. The summed E-state index contributed by atoms with van der Waals surface area (Å²) in [7, 11) is 1.99. The Balaban J connectivity index is 3.03. The highest BCUT2D eigenvalue weighted by Crippen LogP contribution is 2.06. The molecule has 0 atom stereocenters. The van der Waals surface area contributed by atoms with E-state index in [4.69, 9.17) is 0 Å². The SMILES string of the molecule is CNCC/C=C/CCCC(C)C. The molecule has 1 N–H and O–H groups in total. The highest BCUT2D eigenvalue weighted by molar-refractivity contribution is 4.81. The molecule has 0 radical (unpaired) electrons. The van der Waals surface area contributed by atoms with E-state index in [0.29, 0.717) is 0 Å². The maximum Gasteiger partial charge on any atom is -0.00173 e. The highest BCUT2D eigenvalue weighted by atomic mass is 14.8. The Morgan fingerprint density at radius 3 is 2.42 bits per heavy atom. The van der Waals surface area contributed by atoms with Crippen molar-refractivity contribution >= 4 is 0 Å². The lowest BCUT2D eigenvalue weighted by Crippen LogP contribution is -2.05. The number of hydrogen-bond donors (Lipinski definition) is 1. The molecule has 0 spiro atoms. The van der Waals surface area contributed by atoms with E-state index in [1.54, 1.807) is 0 Å². The average molecular weight is 169 g/mol. The quantitative estimate of drug-likeness (QED) is 0.456. The minimum absolute atomic E-state index is 0.857. The Hall–Kier alpha value is -0.300. The lowest BCUT2D eigenvalue weighted by molar-refractivity contribution is 0.559. The monoisotopic (exact) mass is 169 g/mol. The summed E-state index contributed by atoms with van der Waals surface area (Å²) in [5.41, 5.74) is 0. The van der Waals surface area contributed by atoms with Crippen molar-refractivity contribution in [3.63, 3.8) is 0 Å². The Morgan fingerprint density at radius 1 is 1.17 bits per heavy atom. The van der Waals surface area contributed by atoms with Gasteiger partial charge in [0.2, 0.25) is 0 Å². The Labute approximate surface area is 77.2 Å². The highest BCUT2D eigenvalue weighted by Gasteiger charge is 1.90. The summed E-state index contributed by atoms with van der Waals surface area (Å²) in [5, 5.41) is 3.13. The molecule has 0 saturated heterocycles. The third-order valence-corrected chi connectivity index (χ3v) is 1.88. The Morgan fingerprint density at radius 2 is 1.83 bits per heavy atom. The Kier molecular flexibility index (Phi) is 8.57. The third-order valence-electron chi connectivity index (χ3n) is 1.88. The predicted molar refractivity (Wildman–Crippen MR) is 56.4 cm³/mol.